The van der Waals surface area contributed by atoms with Crippen molar-refractivity contribution in [3.05, 3.63) is 5.82 Å². The van der Waals surface area contributed by atoms with Gasteiger partial charge in [-0.15, -0.1) is 5.10 Å². The van der Waals surface area contributed by atoms with Crippen LogP contribution in [0.1, 0.15) is 64.2 Å². The van der Waals surface area contributed by atoms with Gasteiger partial charge in [-0.1, -0.05) is 33.1 Å². The van der Waals surface area contributed by atoms with Crippen LogP contribution >= 0.6 is 0 Å². The van der Waals surface area contributed by atoms with Crippen molar-refractivity contribution in [1.29, 1.82) is 0 Å². The van der Waals surface area contributed by atoms with E-state index in [2.05, 4.69) is 34.7 Å². The minimum absolute atomic E-state index is 0.0305. The summed E-state index contributed by atoms with van der Waals surface area (Å²) in [5, 5.41) is 15.7. The molecule has 0 aliphatic heterocycles. The predicted octanol–water partition coefficient (Wildman–Crippen LogP) is 1.68. The molecule has 8 nitrogen and oxygen atoms in total. The number of esters is 1. The molecule has 1 aromatic rings. The summed E-state index contributed by atoms with van der Waals surface area (Å²) in [6, 6.07) is 0.0305. The summed E-state index contributed by atoms with van der Waals surface area (Å²) < 4.78 is 6.32. The molecule has 0 amide bonds. The van der Waals surface area contributed by atoms with E-state index in [0.717, 1.165) is 31.8 Å². The highest BCUT2D eigenvalue weighted by molar-refractivity contribution is 5.68. The van der Waals surface area contributed by atoms with E-state index in [4.69, 9.17) is 10.5 Å². The van der Waals surface area contributed by atoms with Crippen molar-refractivity contribution in [3.8, 4) is 0 Å². The van der Waals surface area contributed by atoms with E-state index in [0.29, 0.717) is 17.8 Å². The molecule has 0 spiro atoms. The summed E-state index contributed by atoms with van der Waals surface area (Å²) in [5.41, 5.74) is 5.88. The Morgan fingerprint density at radius 1 is 1.35 bits per heavy atom. The molecule has 1 aliphatic carbocycles. The van der Waals surface area contributed by atoms with Gasteiger partial charge in [0.05, 0.1) is 13.2 Å². The summed E-state index contributed by atoms with van der Waals surface area (Å²) in [6.45, 7) is 6.12. The third kappa shape index (κ3) is 5.48. The number of ether oxygens (including phenoxy) is 1. The van der Waals surface area contributed by atoms with Crippen LogP contribution in [-0.2, 0) is 16.1 Å². The zero-order valence-corrected chi connectivity index (χ0v) is 16.4. The summed E-state index contributed by atoms with van der Waals surface area (Å²) >= 11 is 0. The quantitative estimate of drug-likeness (QED) is 0.606. The first-order valence-electron chi connectivity index (χ1n) is 9.89. The topological polar surface area (TPSA) is 108 Å². The number of nitrogens with two attached hydrogens (primary N) is 1. The van der Waals surface area contributed by atoms with E-state index in [1.807, 2.05) is 0 Å². The van der Waals surface area contributed by atoms with Crippen molar-refractivity contribution in [2.75, 3.05) is 20.2 Å². The molecule has 0 saturated heterocycles. The van der Waals surface area contributed by atoms with E-state index < -0.39 is 0 Å². The molecule has 0 bridgehead atoms. The van der Waals surface area contributed by atoms with Gasteiger partial charge in [-0.25, -0.2) is 4.68 Å². The van der Waals surface area contributed by atoms with Crippen LogP contribution in [0.4, 0.5) is 0 Å². The van der Waals surface area contributed by atoms with Crippen LogP contribution in [0.15, 0.2) is 0 Å². The molecule has 1 saturated carbocycles. The lowest BCUT2D eigenvalue weighted by atomic mass is 9.81. The lowest BCUT2D eigenvalue weighted by Gasteiger charge is -2.31. The Morgan fingerprint density at radius 3 is 2.73 bits per heavy atom. The molecule has 1 fully saturated rings. The van der Waals surface area contributed by atoms with Crippen LogP contribution in [0.25, 0.3) is 0 Å². The first kappa shape index (κ1) is 20.8. The van der Waals surface area contributed by atoms with E-state index in [9.17, 15) is 4.79 Å². The average molecular weight is 367 g/mol. The molecule has 3 atom stereocenters. The third-order valence-electron chi connectivity index (χ3n) is 5.72. The van der Waals surface area contributed by atoms with Gasteiger partial charge in [-0.3, -0.25) is 4.79 Å². The monoisotopic (exact) mass is 366 g/mol. The van der Waals surface area contributed by atoms with Crippen LogP contribution in [-0.4, -0.2) is 46.4 Å². The van der Waals surface area contributed by atoms with Crippen molar-refractivity contribution in [3.63, 3.8) is 0 Å². The Morgan fingerprint density at radius 2 is 2.08 bits per heavy atom. The van der Waals surface area contributed by atoms with Gasteiger partial charge >= 0.3 is 5.97 Å². The van der Waals surface area contributed by atoms with Gasteiger partial charge in [0.2, 0.25) is 0 Å². The number of carbonyl (C=O) groups excluding carboxylic acids is 1. The Bertz CT molecular complexity index is 546. The largest absolute Gasteiger partial charge is 0.468 e. The second-order valence-corrected chi connectivity index (χ2v) is 7.37. The molecule has 148 valence electrons. The predicted molar refractivity (Wildman–Crippen MR) is 99.2 cm³/mol. The molecule has 3 N–H and O–H groups in total. The first-order chi connectivity index (χ1) is 12.6. The number of aromatic nitrogens is 4. The molecule has 26 heavy (non-hydrogen) atoms. The van der Waals surface area contributed by atoms with Crippen LogP contribution in [0.5, 0.6) is 0 Å². The number of tetrazole rings is 1. The molecule has 0 aromatic carbocycles. The SMILES string of the molecule is CCC(CC)C(NCC1CCCC(CN)C1)c1nnnn1CC(=O)OC. The fraction of sp³-hybridized carbons (Fsp3) is 0.889. The van der Waals surface area contributed by atoms with E-state index >= 15 is 0 Å². The fourth-order valence-corrected chi connectivity index (χ4v) is 4.06. The maximum Gasteiger partial charge on any atom is 0.327 e. The summed E-state index contributed by atoms with van der Waals surface area (Å²) in [5.74, 6) is 2.06. The summed E-state index contributed by atoms with van der Waals surface area (Å²) in [4.78, 5) is 11.7. The van der Waals surface area contributed by atoms with Crippen molar-refractivity contribution in [1.82, 2.24) is 25.5 Å². The smallest absolute Gasteiger partial charge is 0.327 e. The maximum atomic E-state index is 11.7. The minimum atomic E-state index is -0.347. The molecule has 1 aliphatic rings. The minimum Gasteiger partial charge on any atom is -0.468 e. The van der Waals surface area contributed by atoms with Gasteiger partial charge in [-0.2, -0.15) is 0 Å². The fourth-order valence-electron chi connectivity index (χ4n) is 4.06. The van der Waals surface area contributed by atoms with Crippen molar-refractivity contribution in [2.24, 2.45) is 23.5 Å². The van der Waals surface area contributed by atoms with Gasteiger partial charge in [0.15, 0.2) is 5.82 Å². The molecule has 1 heterocycles. The second kappa shape index (κ2) is 10.6. The number of nitrogens with zero attached hydrogens (tertiary/aromatic N) is 4. The lowest BCUT2D eigenvalue weighted by molar-refractivity contribution is -0.141. The Hall–Kier alpha value is -1.54. The highest BCUT2D eigenvalue weighted by atomic mass is 16.5. The lowest BCUT2D eigenvalue weighted by Crippen LogP contribution is -2.36. The molecular weight excluding hydrogens is 332 g/mol. The zero-order valence-electron chi connectivity index (χ0n) is 16.4. The van der Waals surface area contributed by atoms with Crippen molar-refractivity contribution >= 4 is 5.97 Å². The molecule has 0 radical (unpaired) electrons. The molecular formula is C18H34N6O2. The Kier molecular flexibility index (Phi) is 8.44. The molecule has 3 unspecified atom stereocenters. The van der Waals surface area contributed by atoms with Crippen molar-refractivity contribution in [2.45, 2.75) is 65.0 Å². The number of methoxy groups -OCH3 is 1. The Labute approximate surface area is 156 Å². The first-order valence-corrected chi connectivity index (χ1v) is 9.89. The average Bonchev–Trinajstić information content (AvgIpc) is 3.12. The summed E-state index contributed by atoms with van der Waals surface area (Å²) in [6.07, 6.45) is 6.98. The van der Waals surface area contributed by atoms with Crippen molar-refractivity contribution < 1.29 is 9.53 Å². The molecule has 2 rings (SSSR count). The molecule has 1 aromatic heterocycles. The van der Waals surface area contributed by atoms with Crippen LogP contribution in [0, 0.1) is 17.8 Å². The van der Waals surface area contributed by atoms with Gasteiger partial charge in [0.25, 0.3) is 0 Å². The van der Waals surface area contributed by atoms with Crippen LogP contribution < -0.4 is 11.1 Å². The van der Waals surface area contributed by atoms with Gasteiger partial charge < -0.3 is 15.8 Å². The Balaban J connectivity index is 2.09. The van der Waals surface area contributed by atoms with Gasteiger partial charge in [0.1, 0.15) is 6.54 Å². The van der Waals surface area contributed by atoms with E-state index in [-0.39, 0.29) is 18.6 Å². The number of carbonyl (C=O) groups is 1. The normalized spacial score (nSPS) is 21.7. The third-order valence-corrected chi connectivity index (χ3v) is 5.72. The van der Waals surface area contributed by atoms with Gasteiger partial charge in [0, 0.05) is 0 Å². The van der Waals surface area contributed by atoms with Crippen LogP contribution in [0.2, 0.25) is 0 Å². The highest BCUT2D eigenvalue weighted by Crippen LogP contribution is 2.30. The summed E-state index contributed by atoms with van der Waals surface area (Å²) in [7, 11) is 1.37. The van der Waals surface area contributed by atoms with Gasteiger partial charge in [-0.05, 0) is 60.5 Å². The number of rotatable bonds is 10. The van der Waals surface area contributed by atoms with E-state index in [1.54, 1.807) is 4.68 Å². The zero-order chi connectivity index (χ0) is 18.9. The standard InChI is InChI=1S/C18H34N6O2/c1-4-15(5-2)17(18-21-22-23-24(18)12-16(25)26-3)20-11-14-8-6-7-13(9-14)10-19/h13-15,17,20H,4-12,19H2,1-3H3. The number of hydrogen-bond acceptors (Lipinski definition) is 7. The molecule has 8 heteroatoms. The second-order valence-electron chi connectivity index (χ2n) is 7.37. The highest BCUT2D eigenvalue weighted by Gasteiger charge is 2.28. The van der Waals surface area contributed by atoms with Crippen LogP contribution in [0.3, 0.4) is 0 Å². The number of nitrogens with one attached hydrogen (secondary N) is 1. The van der Waals surface area contributed by atoms with E-state index in [1.165, 1.54) is 32.8 Å². The maximum absolute atomic E-state index is 11.7. The number of hydrogen-bond donors (Lipinski definition) is 2.